The molecule has 638 valence electrons. The molecule has 0 saturated heterocycles. The first-order valence-electron chi connectivity index (χ1n) is 39.5. The highest BCUT2D eigenvalue weighted by Crippen LogP contribution is 2.37. The molecule has 0 unspecified atom stereocenters. The summed E-state index contributed by atoms with van der Waals surface area (Å²) < 4.78 is 84.9. The first kappa shape index (κ1) is 89.6. The molecule has 0 bridgehead atoms. The van der Waals surface area contributed by atoms with Crippen molar-refractivity contribution in [2.24, 2.45) is 11.8 Å². The number of benzene rings is 8. The van der Waals surface area contributed by atoms with Crippen LogP contribution in [0.25, 0.3) is 77.9 Å². The van der Waals surface area contributed by atoms with Gasteiger partial charge in [-0.25, -0.2) is 27.5 Å². The van der Waals surface area contributed by atoms with E-state index in [0.717, 1.165) is 75.8 Å². The van der Waals surface area contributed by atoms with Crippen molar-refractivity contribution in [2.75, 3.05) is 65.3 Å². The van der Waals surface area contributed by atoms with Crippen LogP contribution in [0, 0.1) is 17.7 Å². The van der Waals surface area contributed by atoms with Gasteiger partial charge in [-0.3, -0.25) is 45.2 Å². The third-order valence-corrected chi connectivity index (χ3v) is 20.0. The van der Waals surface area contributed by atoms with Gasteiger partial charge in [0.15, 0.2) is 0 Å². The third-order valence-electron chi connectivity index (χ3n) is 18.6. The van der Waals surface area contributed by atoms with Crippen molar-refractivity contribution in [3.63, 3.8) is 0 Å². The summed E-state index contributed by atoms with van der Waals surface area (Å²) in [5, 5.41) is 35.5. The van der Waals surface area contributed by atoms with E-state index in [0.29, 0.717) is 70.3 Å². The molecule has 30 nitrogen and oxygen atoms in total. The van der Waals surface area contributed by atoms with Gasteiger partial charge in [-0.05, 0) is 90.1 Å². The minimum atomic E-state index is -3.70. The zero-order valence-corrected chi connectivity index (χ0v) is 68.9. The smallest absolute Gasteiger partial charge is 0.364 e. The lowest BCUT2D eigenvalue weighted by Gasteiger charge is -2.20. The highest BCUT2D eigenvalue weighted by Gasteiger charge is 2.31. The zero-order chi connectivity index (χ0) is 87.3. The van der Waals surface area contributed by atoms with Crippen LogP contribution in [0.4, 0.5) is 39.7 Å². The first-order chi connectivity index (χ1) is 60.4. The van der Waals surface area contributed by atoms with E-state index in [9.17, 15) is 41.6 Å². The van der Waals surface area contributed by atoms with Gasteiger partial charge in [0.25, 0.3) is 15.9 Å². The van der Waals surface area contributed by atoms with E-state index in [-0.39, 0.29) is 77.1 Å². The monoisotopic (exact) mass is 1700 g/mol. The molecule has 0 radical (unpaired) electrons. The number of carbonyl (C=O) groups is 5. The highest BCUT2D eigenvalue weighted by molar-refractivity contribution is 7.92. The van der Waals surface area contributed by atoms with E-state index >= 15 is 0 Å². The van der Waals surface area contributed by atoms with Gasteiger partial charge >= 0.3 is 11.6 Å². The summed E-state index contributed by atoms with van der Waals surface area (Å²) in [6.07, 6.45) is 19.6. The van der Waals surface area contributed by atoms with Crippen LogP contribution in [0.1, 0.15) is 71.1 Å². The van der Waals surface area contributed by atoms with Crippen molar-refractivity contribution in [3.05, 3.63) is 296 Å². The molecule has 15 aromatic rings. The Morgan fingerprint density at radius 2 is 0.823 bits per heavy atom. The summed E-state index contributed by atoms with van der Waals surface area (Å²) in [6, 6.07) is 71.9. The molecule has 32 heteroatoms. The van der Waals surface area contributed by atoms with E-state index in [1.807, 2.05) is 196 Å². The maximum Gasteiger partial charge on any atom is 0.364 e. The fraction of sp³-hybridized carbons (Fsp3) is 0.196. The Morgan fingerprint density at radius 3 is 1.23 bits per heavy atom. The molecular formula is C92H90FN13O17S. The van der Waals surface area contributed by atoms with Gasteiger partial charge in [0.05, 0.1) is 100 Å². The number of ether oxygens (including phenoxy) is 2. The number of halogens is 1. The molecule has 8 aromatic carbocycles. The standard InChI is InChI=1S/C17H20N2O2.C15H16N2O4.C15H12N2O3S.C13H12N2O2.C12H12N2O3.C11H11FN2O.C9H7NO2/c20-16(11-13-7-3-1-4-8-13)19-17-15(12-18-21-17)14-9-5-2-6-10-14;1-2-20-14(19)9-8-13(18)17-15-12(10-16-21-15)11-6-4-3-5-7-11;18-21(19,13-9-5-2-6-10-13)17-15-14(11-16-20-15)12-7-3-1-4-8-12;16-12(10-6-7-10)15-13-11(8-14-17-13)9-4-2-1-3-5-9;1-16-8-11(15)14-12-10(7-13-17-12)9-5-3-2-4-6-9;1-14(2)11-9(7-13-15-11)8-5-3-4-6-10(8)12;11-9-8(6-10-12-9)7-4-2-1-3-5-7/h2,5-6,9-10,12-13H,1,3-4,7-8,11H2,(H,19,20);3-7,10H,2,8-9H2,1H3,(H,17,18);1-11,17H;1-5,8,10H,6-7H2,(H,15,16);2-7H,8H2,1H3,(H,14,15);3-7H,1-2H3;1-6,10H. The predicted molar refractivity (Wildman–Crippen MR) is 464 cm³/mol. The highest BCUT2D eigenvalue weighted by atomic mass is 32.2. The lowest BCUT2D eigenvalue weighted by atomic mass is 9.87. The van der Waals surface area contributed by atoms with Gasteiger partial charge in [-0.15, -0.1) is 0 Å². The maximum absolute atomic E-state index is 13.5. The summed E-state index contributed by atoms with van der Waals surface area (Å²) in [5.41, 5.74) is 10.6. The topological polar surface area (TPSA) is 404 Å². The lowest BCUT2D eigenvalue weighted by Crippen LogP contribution is -2.18. The molecule has 0 atom stereocenters. The number of hydrogen-bond acceptors (Lipinski definition) is 24. The Bertz CT molecular complexity index is 5960. The second-order valence-corrected chi connectivity index (χ2v) is 29.5. The summed E-state index contributed by atoms with van der Waals surface area (Å²) >= 11 is 0. The molecular weight excluding hydrogens is 1610 g/mol. The molecule has 6 N–H and O–H groups in total. The second-order valence-electron chi connectivity index (χ2n) is 27.8. The van der Waals surface area contributed by atoms with Gasteiger partial charge in [0, 0.05) is 45.5 Å². The summed E-state index contributed by atoms with van der Waals surface area (Å²) in [4.78, 5) is 71.1. The normalized spacial score (nSPS) is 11.9. The van der Waals surface area contributed by atoms with Gasteiger partial charge in [-0.1, -0.05) is 269 Å². The summed E-state index contributed by atoms with van der Waals surface area (Å²) in [6.45, 7) is 2.01. The maximum atomic E-state index is 13.5. The number of methoxy groups -OCH3 is 1. The van der Waals surface area contributed by atoms with Gasteiger partial charge < -0.3 is 46.0 Å². The number of hydrogen-bond donors (Lipinski definition) is 6. The SMILES string of the molecule is CCOC(=O)CCC(=O)Nc1oncc1-c1ccccc1.CN(C)c1oncc1-c1ccccc1F.COCC(=O)Nc1oncc1-c1ccccc1.O=C(CC1CCCCC1)Nc1oncc1-c1ccccc1.O=C(Nc1oncc1-c1ccccc1)C1CC1.O=S(=O)(Nc1oncc1-c1ccccc1)c1ccccc1.O=c1o[nH]cc1-c1ccccc1. The van der Waals surface area contributed by atoms with Gasteiger partial charge in [-0.2, -0.15) is 0 Å². The van der Waals surface area contributed by atoms with Crippen molar-refractivity contribution in [1.29, 1.82) is 0 Å². The molecule has 2 aliphatic rings. The number of anilines is 6. The van der Waals surface area contributed by atoms with Crippen molar-refractivity contribution < 1.29 is 77.9 Å². The van der Waals surface area contributed by atoms with Crippen molar-refractivity contribution in [1.82, 2.24) is 36.1 Å². The van der Waals surface area contributed by atoms with E-state index < -0.39 is 16.0 Å². The fourth-order valence-electron chi connectivity index (χ4n) is 12.3. The number of carbonyl (C=O) groups excluding carboxylic acids is 5. The van der Waals surface area contributed by atoms with Crippen LogP contribution in [0.5, 0.6) is 0 Å². The molecule has 124 heavy (non-hydrogen) atoms. The Labute approximate surface area is 712 Å². The molecule has 2 aliphatic carbocycles. The number of nitrogens with one attached hydrogen (secondary N) is 6. The van der Waals surface area contributed by atoms with Crippen LogP contribution in [-0.4, -0.2) is 109 Å². The fourth-order valence-corrected chi connectivity index (χ4v) is 13.4. The number of aromatic nitrogens is 7. The Balaban J connectivity index is 0.000000142. The quantitative estimate of drug-likeness (QED) is 0.0306. The van der Waals surface area contributed by atoms with Crippen molar-refractivity contribution in [2.45, 2.75) is 76.0 Å². The number of rotatable bonds is 24. The summed E-state index contributed by atoms with van der Waals surface area (Å²) in [7, 11) is 1.41. The van der Waals surface area contributed by atoms with Crippen LogP contribution < -0.4 is 36.5 Å². The minimum absolute atomic E-state index is 0.0189. The Kier molecular flexibility index (Phi) is 33.5. The Morgan fingerprint density at radius 1 is 0.444 bits per heavy atom. The zero-order valence-electron chi connectivity index (χ0n) is 68.1. The van der Waals surface area contributed by atoms with Crippen LogP contribution in [0.2, 0.25) is 0 Å². The average molecular weight is 1700 g/mol. The number of amides is 4. The Hall–Kier alpha value is -15.2. The van der Waals surface area contributed by atoms with Gasteiger partial charge in [0.2, 0.25) is 53.0 Å². The summed E-state index contributed by atoms with van der Waals surface area (Å²) in [5.74, 6) is 1.60. The average Bonchev–Trinajstić information content (AvgIpc) is 1.43. The van der Waals surface area contributed by atoms with Crippen LogP contribution in [0.15, 0.2) is 321 Å². The second kappa shape index (κ2) is 46.4. The third kappa shape index (κ3) is 26.9. The van der Waals surface area contributed by atoms with Crippen LogP contribution in [0.3, 0.4) is 0 Å². The molecule has 7 aromatic heterocycles. The molecule has 0 spiro atoms. The first-order valence-corrected chi connectivity index (χ1v) is 40.9. The van der Waals surface area contributed by atoms with Crippen LogP contribution in [-0.2, 0) is 43.5 Å². The van der Waals surface area contributed by atoms with E-state index in [2.05, 4.69) is 66.6 Å². The van der Waals surface area contributed by atoms with E-state index in [1.165, 1.54) is 63.2 Å². The number of aromatic amines is 1. The van der Waals surface area contributed by atoms with E-state index in [4.69, 9.17) is 36.6 Å². The number of sulfonamides is 1. The predicted octanol–water partition coefficient (Wildman–Crippen LogP) is 18.8. The molecule has 0 aliphatic heterocycles. The molecule has 17 rings (SSSR count). The minimum Gasteiger partial charge on any atom is -0.466 e. The largest absolute Gasteiger partial charge is 0.466 e. The lowest BCUT2D eigenvalue weighted by molar-refractivity contribution is -0.144. The number of nitrogens with zero attached hydrogens (tertiary/aromatic N) is 7. The number of H-pyrrole nitrogens is 1. The van der Waals surface area contributed by atoms with Crippen molar-refractivity contribution >= 4 is 74.9 Å². The number of esters is 1. The molecule has 4 amide bonds. The van der Waals surface area contributed by atoms with E-state index in [1.54, 1.807) is 73.0 Å². The molecule has 2 fully saturated rings. The molecule has 7 heterocycles. The van der Waals surface area contributed by atoms with Gasteiger partial charge in [0.1, 0.15) is 12.4 Å². The molecule has 2 saturated carbocycles. The van der Waals surface area contributed by atoms with Crippen molar-refractivity contribution in [3.8, 4) is 77.9 Å². The van der Waals surface area contributed by atoms with Crippen LogP contribution >= 0.6 is 0 Å².